The van der Waals surface area contributed by atoms with Gasteiger partial charge in [-0.1, -0.05) is 20.8 Å². The number of carbonyl (C=O) groups is 2. The van der Waals surface area contributed by atoms with Crippen molar-refractivity contribution >= 4 is 23.2 Å². The molecule has 0 aromatic carbocycles. The van der Waals surface area contributed by atoms with Gasteiger partial charge in [0.25, 0.3) is 0 Å². The normalized spacial score (nSPS) is 26.4. The zero-order valence-corrected chi connectivity index (χ0v) is 18.7. The number of aromatic nitrogens is 3. The minimum Gasteiger partial charge on any atom is -0.455 e. The molecule has 2 aromatic rings. The number of carbonyl (C=O) groups excluding carboxylic acids is 2. The summed E-state index contributed by atoms with van der Waals surface area (Å²) in [5, 5.41) is 27.9. The zero-order chi connectivity index (χ0) is 23.6. The van der Waals surface area contributed by atoms with E-state index in [1.54, 1.807) is 32.9 Å². The summed E-state index contributed by atoms with van der Waals surface area (Å²) >= 11 is 0. The highest BCUT2D eigenvalue weighted by atomic mass is 16.6. The number of aliphatic hydroxyl groups is 2. The Morgan fingerprint density at radius 1 is 1.41 bits per heavy atom. The first-order chi connectivity index (χ1) is 15.1. The monoisotopic (exact) mass is 449 g/mol. The number of amides is 1. The van der Waals surface area contributed by atoms with Crippen LogP contribution >= 0.6 is 0 Å². The first-order valence-corrected chi connectivity index (χ1v) is 10.7. The van der Waals surface area contributed by atoms with E-state index in [9.17, 15) is 19.8 Å². The fourth-order valence-corrected chi connectivity index (χ4v) is 3.77. The summed E-state index contributed by atoms with van der Waals surface area (Å²) in [4.78, 5) is 28.6. The van der Waals surface area contributed by atoms with Crippen molar-refractivity contribution < 1.29 is 29.3 Å². The molecule has 1 aliphatic heterocycles. The maximum absolute atomic E-state index is 12.4. The second-order valence-electron chi connectivity index (χ2n) is 8.48. The summed E-state index contributed by atoms with van der Waals surface area (Å²) < 4.78 is 12.9. The van der Waals surface area contributed by atoms with Crippen LogP contribution < -0.4 is 11.1 Å². The van der Waals surface area contributed by atoms with Crippen molar-refractivity contribution in [1.82, 2.24) is 14.6 Å². The van der Waals surface area contributed by atoms with Crippen molar-refractivity contribution in [3.8, 4) is 0 Å². The molecule has 2 aromatic heterocycles. The Labute approximate surface area is 185 Å². The van der Waals surface area contributed by atoms with Crippen molar-refractivity contribution in [3.63, 3.8) is 0 Å². The van der Waals surface area contributed by atoms with Crippen molar-refractivity contribution in [2.24, 2.45) is 11.7 Å². The lowest BCUT2D eigenvalue weighted by molar-refractivity contribution is -0.159. The lowest BCUT2D eigenvalue weighted by Gasteiger charge is -2.28. The summed E-state index contributed by atoms with van der Waals surface area (Å²) in [6.45, 7) is 6.61. The fraction of sp³-hybridized carbons (Fsp3) is 0.619. The standard InChI is InChI=1S/C21H31N5O6/c1-5-6-15(28)25-19-12-7-8-14(26(12)24-10-23-19)21(4)18(29)17(13(9-27)32-21)31-20(30)16(22)11(2)3/h7-8,10-11,13,16-18,27,29H,5-6,9,22H2,1-4H3,(H,23,24,25,28)/t13-,16+,17-,18-,21+/m1/s1. The van der Waals surface area contributed by atoms with Gasteiger partial charge in [0, 0.05) is 6.42 Å². The predicted octanol–water partition coefficient (Wildman–Crippen LogP) is 0.330. The van der Waals surface area contributed by atoms with Crippen LogP contribution in [0.15, 0.2) is 18.5 Å². The lowest BCUT2D eigenvalue weighted by Crippen LogP contribution is -2.46. The minimum atomic E-state index is -1.37. The molecule has 5 N–H and O–H groups in total. The lowest BCUT2D eigenvalue weighted by atomic mass is 9.93. The topological polar surface area (TPSA) is 161 Å². The van der Waals surface area contributed by atoms with Gasteiger partial charge in [0.1, 0.15) is 35.7 Å². The van der Waals surface area contributed by atoms with Crippen LogP contribution in [-0.2, 0) is 24.7 Å². The third kappa shape index (κ3) is 4.33. The van der Waals surface area contributed by atoms with Gasteiger partial charge in [-0.3, -0.25) is 9.59 Å². The van der Waals surface area contributed by atoms with E-state index in [0.717, 1.165) is 0 Å². The van der Waals surface area contributed by atoms with Crippen LogP contribution in [0.5, 0.6) is 0 Å². The molecule has 5 atom stereocenters. The number of fused-ring (bicyclic) bond motifs is 1. The summed E-state index contributed by atoms with van der Waals surface area (Å²) in [6, 6.07) is 2.51. The van der Waals surface area contributed by atoms with Crippen LogP contribution in [0.25, 0.3) is 5.52 Å². The van der Waals surface area contributed by atoms with Gasteiger partial charge in [0.15, 0.2) is 11.9 Å². The molecule has 32 heavy (non-hydrogen) atoms. The molecule has 0 bridgehead atoms. The molecule has 0 spiro atoms. The summed E-state index contributed by atoms with van der Waals surface area (Å²) in [7, 11) is 0. The van der Waals surface area contributed by atoms with Gasteiger partial charge in [-0.05, 0) is 31.4 Å². The van der Waals surface area contributed by atoms with Crippen molar-refractivity contribution in [3.05, 3.63) is 24.2 Å². The van der Waals surface area contributed by atoms with Crippen molar-refractivity contribution in [2.45, 2.75) is 70.5 Å². The van der Waals surface area contributed by atoms with Gasteiger partial charge in [0.05, 0.1) is 12.3 Å². The molecule has 1 saturated heterocycles. The van der Waals surface area contributed by atoms with E-state index in [1.807, 2.05) is 6.92 Å². The van der Waals surface area contributed by atoms with Gasteiger partial charge in [-0.15, -0.1) is 0 Å². The largest absolute Gasteiger partial charge is 0.455 e. The van der Waals surface area contributed by atoms with Gasteiger partial charge in [-0.25, -0.2) is 9.50 Å². The van der Waals surface area contributed by atoms with Gasteiger partial charge >= 0.3 is 5.97 Å². The maximum Gasteiger partial charge on any atom is 0.323 e. The highest BCUT2D eigenvalue weighted by Crippen LogP contribution is 2.41. The molecular formula is C21H31N5O6. The maximum atomic E-state index is 12.4. The quantitative estimate of drug-likeness (QED) is 0.416. The number of nitrogens with two attached hydrogens (primary N) is 1. The van der Waals surface area contributed by atoms with Crippen LogP contribution in [0.4, 0.5) is 5.82 Å². The molecule has 1 amide bonds. The van der Waals surface area contributed by atoms with Crippen molar-refractivity contribution in [2.75, 3.05) is 11.9 Å². The summed E-state index contributed by atoms with van der Waals surface area (Å²) in [5.74, 6) is -0.689. The van der Waals surface area contributed by atoms with E-state index >= 15 is 0 Å². The number of rotatable bonds is 8. The minimum absolute atomic E-state index is 0.159. The van der Waals surface area contributed by atoms with E-state index in [-0.39, 0.29) is 11.8 Å². The SMILES string of the molecule is CCCC(=O)Nc1ncnn2c([C@]3(C)O[C@H](CO)[C@@H](OC(=O)[C@@H](N)C(C)C)[C@H]3O)ccc12. The summed E-state index contributed by atoms with van der Waals surface area (Å²) in [6.07, 6.45) is -1.07. The molecule has 11 nitrogen and oxygen atoms in total. The molecule has 0 unspecified atom stereocenters. The van der Waals surface area contributed by atoms with E-state index in [0.29, 0.717) is 29.9 Å². The van der Waals surface area contributed by atoms with Crippen LogP contribution in [0, 0.1) is 5.92 Å². The zero-order valence-electron chi connectivity index (χ0n) is 18.7. The molecule has 3 rings (SSSR count). The number of nitrogens with one attached hydrogen (secondary N) is 1. The molecule has 1 aliphatic rings. The molecule has 3 heterocycles. The number of aliphatic hydroxyl groups excluding tert-OH is 2. The highest BCUT2D eigenvalue weighted by molar-refractivity contribution is 5.93. The van der Waals surface area contributed by atoms with E-state index in [1.165, 1.54) is 10.8 Å². The molecular weight excluding hydrogens is 418 g/mol. The fourth-order valence-electron chi connectivity index (χ4n) is 3.77. The third-order valence-electron chi connectivity index (χ3n) is 5.76. The molecule has 176 valence electrons. The van der Waals surface area contributed by atoms with E-state index < -0.39 is 42.5 Å². The molecule has 1 fully saturated rings. The number of esters is 1. The van der Waals surface area contributed by atoms with Gasteiger partial charge in [0.2, 0.25) is 5.91 Å². The number of hydrogen-bond acceptors (Lipinski definition) is 9. The number of hydrogen-bond donors (Lipinski definition) is 4. The predicted molar refractivity (Wildman–Crippen MR) is 115 cm³/mol. The first kappa shape index (κ1) is 24.1. The Bertz CT molecular complexity index is 979. The van der Waals surface area contributed by atoms with Crippen LogP contribution in [0.1, 0.15) is 46.2 Å². The molecule has 0 aliphatic carbocycles. The van der Waals surface area contributed by atoms with E-state index in [2.05, 4.69) is 15.4 Å². The number of nitrogens with zero attached hydrogens (tertiary/aromatic N) is 3. The van der Waals surface area contributed by atoms with Crippen LogP contribution in [0.2, 0.25) is 0 Å². The average molecular weight is 450 g/mol. The second-order valence-corrected chi connectivity index (χ2v) is 8.48. The highest BCUT2D eigenvalue weighted by Gasteiger charge is 2.56. The number of anilines is 1. The van der Waals surface area contributed by atoms with Crippen molar-refractivity contribution in [1.29, 1.82) is 0 Å². The first-order valence-electron chi connectivity index (χ1n) is 10.7. The van der Waals surface area contributed by atoms with E-state index in [4.69, 9.17) is 15.2 Å². The van der Waals surface area contributed by atoms with Gasteiger partial charge in [-0.2, -0.15) is 5.10 Å². The molecule has 0 saturated carbocycles. The number of ether oxygens (including phenoxy) is 2. The second kappa shape index (κ2) is 9.49. The Morgan fingerprint density at radius 3 is 2.75 bits per heavy atom. The van der Waals surface area contributed by atoms with Gasteiger partial charge < -0.3 is 30.7 Å². The average Bonchev–Trinajstić information content (AvgIpc) is 3.29. The molecule has 0 radical (unpaired) electrons. The Morgan fingerprint density at radius 2 is 2.12 bits per heavy atom. The summed E-state index contributed by atoms with van der Waals surface area (Å²) in [5.41, 5.74) is 5.45. The van der Waals surface area contributed by atoms with Crippen LogP contribution in [-0.4, -0.2) is 67.6 Å². The smallest absolute Gasteiger partial charge is 0.323 e. The molecule has 11 heteroatoms. The third-order valence-corrected chi connectivity index (χ3v) is 5.76. The Hall–Kier alpha value is -2.60. The Balaban J connectivity index is 1.93. The van der Waals surface area contributed by atoms with Crippen LogP contribution in [0.3, 0.4) is 0 Å². The Kier molecular flexibility index (Phi) is 7.13.